The van der Waals surface area contributed by atoms with Crippen LogP contribution in [0.1, 0.15) is 5.56 Å². The number of aryl methyl sites for hydroxylation is 1. The summed E-state index contributed by atoms with van der Waals surface area (Å²) in [4.78, 5) is 15.9. The van der Waals surface area contributed by atoms with E-state index >= 15 is 0 Å². The number of ether oxygens (including phenoxy) is 1. The molecule has 1 amide bonds. The number of aromatic nitrogens is 1. The number of nitrogens with one attached hydrogen (secondary N) is 1. The fourth-order valence-corrected chi connectivity index (χ4v) is 3.90. The number of amides is 1. The van der Waals surface area contributed by atoms with Crippen molar-refractivity contribution >= 4 is 43.4 Å². The van der Waals surface area contributed by atoms with Crippen LogP contribution < -0.4 is 15.8 Å². The minimum Gasteiger partial charge on any atom is -0.495 e. The number of nitrogen functional groups attached to an aromatic ring is 1. The van der Waals surface area contributed by atoms with E-state index in [-0.39, 0.29) is 10.7 Å². The van der Waals surface area contributed by atoms with Gasteiger partial charge in [-0.25, -0.2) is 13.4 Å². The third-order valence-electron chi connectivity index (χ3n) is 3.53. The summed E-state index contributed by atoms with van der Waals surface area (Å²) in [5.74, 6) is -0.169. The van der Waals surface area contributed by atoms with E-state index in [1.807, 2.05) is 13.0 Å². The van der Waals surface area contributed by atoms with Crippen LogP contribution in [0.15, 0.2) is 39.8 Å². The summed E-state index contributed by atoms with van der Waals surface area (Å²) in [6, 6.07) is 6.64. The molecule has 2 rings (SSSR count). The molecule has 0 radical (unpaired) electrons. The number of likely N-dealkylation sites (N-methyl/N-ethyl adjacent to an activating group) is 1. The molecule has 1 heterocycles. The monoisotopic (exact) mass is 442 g/mol. The largest absolute Gasteiger partial charge is 0.495 e. The molecule has 3 N–H and O–H groups in total. The molecule has 8 nitrogen and oxygen atoms in total. The number of sulfonamides is 1. The van der Waals surface area contributed by atoms with Crippen LogP contribution in [0.5, 0.6) is 5.75 Å². The number of carbonyl (C=O) groups is 1. The topological polar surface area (TPSA) is 115 Å². The normalized spacial score (nSPS) is 11.4. The molecule has 140 valence electrons. The van der Waals surface area contributed by atoms with Gasteiger partial charge in [-0.1, -0.05) is 6.07 Å². The van der Waals surface area contributed by atoms with Gasteiger partial charge in [0.25, 0.3) is 0 Å². The minimum absolute atomic E-state index is 0.138. The Morgan fingerprint density at radius 2 is 2.08 bits per heavy atom. The summed E-state index contributed by atoms with van der Waals surface area (Å²) in [5.41, 5.74) is 7.06. The molecule has 1 aromatic carbocycles. The Morgan fingerprint density at radius 1 is 1.38 bits per heavy atom. The summed E-state index contributed by atoms with van der Waals surface area (Å²) in [7, 11) is -1.20. The first-order chi connectivity index (χ1) is 12.1. The molecule has 0 atom stereocenters. The zero-order chi connectivity index (χ0) is 19.5. The summed E-state index contributed by atoms with van der Waals surface area (Å²) >= 11 is 3.16. The van der Waals surface area contributed by atoms with E-state index < -0.39 is 22.5 Å². The van der Waals surface area contributed by atoms with Crippen molar-refractivity contribution in [2.24, 2.45) is 0 Å². The SMILES string of the molecule is COc1ccc(C)cc1NC(=O)CN(C)S(=O)(=O)c1cc(Br)cnc1N. The molecule has 0 aliphatic rings. The number of carbonyl (C=O) groups excluding carboxylic acids is 1. The van der Waals surface area contributed by atoms with Crippen molar-refractivity contribution in [1.82, 2.24) is 9.29 Å². The van der Waals surface area contributed by atoms with E-state index in [0.717, 1.165) is 9.87 Å². The third-order valence-corrected chi connectivity index (χ3v) is 5.80. The van der Waals surface area contributed by atoms with Gasteiger partial charge in [-0.05, 0) is 46.6 Å². The molecule has 10 heteroatoms. The van der Waals surface area contributed by atoms with Gasteiger partial charge in [-0.2, -0.15) is 4.31 Å². The van der Waals surface area contributed by atoms with Crippen molar-refractivity contribution in [3.8, 4) is 5.75 Å². The lowest BCUT2D eigenvalue weighted by molar-refractivity contribution is -0.116. The Labute approximate surface area is 160 Å². The summed E-state index contributed by atoms with van der Waals surface area (Å²) in [5, 5.41) is 2.66. The van der Waals surface area contributed by atoms with Crippen LogP contribution >= 0.6 is 15.9 Å². The lowest BCUT2D eigenvalue weighted by atomic mass is 10.2. The first-order valence-corrected chi connectivity index (χ1v) is 9.70. The van der Waals surface area contributed by atoms with Crippen LogP contribution in [0, 0.1) is 6.92 Å². The number of methoxy groups -OCH3 is 1. The molecule has 0 saturated carbocycles. The predicted molar refractivity (Wildman–Crippen MR) is 103 cm³/mol. The van der Waals surface area contributed by atoms with Gasteiger partial charge >= 0.3 is 0 Å². The molecular formula is C16H19BrN4O4S. The zero-order valence-corrected chi connectivity index (χ0v) is 16.9. The van der Waals surface area contributed by atoms with Gasteiger partial charge < -0.3 is 15.8 Å². The molecule has 0 bridgehead atoms. The predicted octanol–water partition coefficient (Wildman–Crippen LogP) is 2.00. The second-order valence-electron chi connectivity index (χ2n) is 5.55. The molecular weight excluding hydrogens is 424 g/mol. The van der Waals surface area contributed by atoms with Crippen molar-refractivity contribution in [1.29, 1.82) is 0 Å². The zero-order valence-electron chi connectivity index (χ0n) is 14.5. The highest BCUT2D eigenvalue weighted by atomic mass is 79.9. The van der Waals surface area contributed by atoms with Gasteiger partial charge in [0.15, 0.2) is 0 Å². The van der Waals surface area contributed by atoms with E-state index in [0.29, 0.717) is 15.9 Å². The van der Waals surface area contributed by atoms with Crippen LogP contribution in [0.2, 0.25) is 0 Å². The standard InChI is InChI=1S/C16H19BrN4O4S/c1-10-4-5-13(25-3)12(6-10)20-15(22)9-21(2)26(23,24)14-7-11(17)8-19-16(14)18/h4-8H,9H2,1-3H3,(H2,18,19)(H,20,22). The molecule has 0 spiro atoms. The van der Waals surface area contributed by atoms with Crippen LogP contribution in [-0.2, 0) is 14.8 Å². The number of hydrogen-bond acceptors (Lipinski definition) is 6. The van der Waals surface area contributed by atoms with Crippen molar-refractivity contribution in [2.75, 3.05) is 31.8 Å². The van der Waals surface area contributed by atoms with Crippen molar-refractivity contribution in [2.45, 2.75) is 11.8 Å². The van der Waals surface area contributed by atoms with Crippen molar-refractivity contribution in [3.63, 3.8) is 0 Å². The number of nitrogens with two attached hydrogens (primary N) is 1. The number of rotatable bonds is 6. The fraction of sp³-hybridized carbons (Fsp3) is 0.250. The quantitative estimate of drug-likeness (QED) is 0.706. The Hall–Kier alpha value is -2.17. The van der Waals surface area contributed by atoms with Gasteiger partial charge in [-0.15, -0.1) is 0 Å². The van der Waals surface area contributed by atoms with E-state index in [1.54, 1.807) is 12.1 Å². The molecule has 0 aliphatic carbocycles. The number of benzene rings is 1. The second kappa shape index (κ2) is 8.02. The highest BCUT2D eigenvalue weighted by Crippen LogP contribution is 2.26. The average molecular weight is 443 g/mol. The average Bonchev–Trinajstić information content (AvgIpc) is 2.57. The molecule has 0 aliphatic heterocycles. The maximum absolute atomic E-state index is 12.7. The smallest absolute Gasteiger partial charge is 0.246 e. The highest BCUT2D eigenvalue weighted by Gasteiger charge is 2.26. The first kappa shape index (κ1) is 20.1. The number of nitrogens with zero attached hydrogens (tertiary/aromatic N) is 2. The molecule has 26 heavy (non-hydrogen) atoms. The molecule has 0 fully saturated rings. The Balaban J connectivity index is 2.18. The molecule has 2 aromatic rings. The maximum Gasteiger partial charge on any atom is 0.246 e. The lowest BCUT2D eigenvalue weighted by Gasteiger charge is -2.18. The minimum atomic E-state index is -3.98. The molecule has 1 aromatic heterocycles. The Bertz CT molecular complexity index is 934. The second-order valence-corrected chi connectivity index (χ2v) is 8.48. The summed E-state index contributed by atoms with van der Waals surface area (Å²) < 4.78 is 31.9. The number of pyridine rings is 1. The number of halogens is 1. The van der Waals surface area contributed by atoms with Gasteiger partial charge in [-0.3, -0.25) is 4.79 Å². The van der Waals surface area contributed by atoms with E-state index in [2.05, 4.69) is 26.2 Å². The Kier molecular flexibility index (Phi) is 6.21. The van der Waals surface area contributed by atoms with Gasteiger partial charge in [0.2, 0.25) is 15.9 Å². The van der Waals surface area contributed by atoms with E-state index in [4.69, 9.17) is 10.5 Å². The van der Waals surface area contributed by atoms with Crippen molar-refractivity contribution in [3.05, 3.63) is 40.5 Å². The highest BCUT2D eigenvalue weighted by molar-refractivity contribution is 9.10. The summed E-state index contributed by atoms with van der Waals surface area (Å²) in [6.07, 6.45) is 1.39. The Morgan fingerprint density at radius 3 is 2.73 bits per heavy atom. The first-order valence-electron chi connectivity index (χ1n) is 7.47. The van der Waals surface area contributed by atoms with Crippen LogP contribution in [-0.4, -0.2) is 44.3 Å². The fourth-order valence-electron chi connectivity index (χ4n) is 2.20. The molecule has 0 saturated heterocycles. The van der Waals surface area contributed by atoms with Gasteiger partial charge in [0, 0.05) is 17.7 Å². The van der Waals surface area contributed by atoms with Crippen LogP contribution in [0.3, 0.4) is 0 Å². The van der Waals surface area contributed by atoms with Crippen molar-refractivity contribution < 1.29 is 17.9 Å². The third kappa shape index (κ3) is 4.51. The molecule has 0 unspecified atom stereocenters. The van der Waals surface area contributed by atoms with Gasteiger partial charge in [0.1, 0.15) is 16.5 Å². The lowest BCUT2D eigenvalue weighted by Crippen LogP contribution is -2.35. The van der Waals surface area contributed by atoms with Crippen LogP contribution in [0.25, 0.3) is 0 Å². The van der Waals surface area contributed by atoms with Gasteiger partial charge in [0.05, 0.1) is 19.3 Å². The summed E-state index contributed by atoms with van der Waals surface area (Å²) in [6.45, 7) is 1.47. The maximum atomic E-state index is 12.7. The van der Waals surface area contributed by atoms with E-state index in [9.17, 15) is 13.2 Å². The number of anilines is 2. The van der Waals surface area contributed by atoms with Crippen LogP contribution in [0.4, 0.5) is 11.5 Å². The number of hydrogen-bond donors (Lipinski definition) is 2. The van der Waals surface area contributed by atoms with E-state index in [1.165, 1.54) is 26.4 Å².